The molecule has 4 heteroatoms. The lowest BCUT2D eigenvalue weighted by Crippen LogP contribution is -2.27. The molecule has 0 unspecified atom stereocenters. The summed E-state index contributed by atoms with van der Waals surface area (Å²) in [5.41, 5.74) is 2.30. The second-order valence-electron chi connectivity index (χ2n) is 3.90. The lowest BCUT2D eigenvalue weighted by molar-refractivity contribution is 0.605. The molecular weight excluding hydrogens is 166 g/mol. The van der Waals surface area contributed by atoms with Crippen molar-refractivity contribution >= 4 is 0 Å². The van der Waals surface area contributed by atoms with Crippen LogP contribution in [0.2, 0.25) is 0 Å². The van der Waals surface area contributed by atoms with Gasteiger partial charge in [0, 0.05) is 25.2 Å². The molecule has 13 heavy (non-hydrogen) atoms. The van der Waals surface area contributed by atoms with Crippen molar-refractivity contribution in [2.45, 2.75) is 31.8 Å². The fourth-order valence-electron chi connectivity index (χ4n) is 1.94. The van der Waals surface area contributed by atoms with Crippen LogP contribution in [0.15, 0.2) is 4.79 Å². The molecule has 0 saturated heterocycles. The summed E-state index contributed by atoms with van der Waals surface area (Å²) in [5, 5.41) is 6.45. The van der Waals surface area contributed by atoms with Gasteiger partial charge in [-0.3, -0.25) is 9.89 Å². The Kier molecular flexibility index (Phi) is 1.41. The fourth-order valence-corrected chi connectivity index (χ4v) is 1.94. The van der Waals surface area contributed by atoms with Crippen molar-refractivity contribution in [1.82, 2.24) is 15.1 Å². The number of nitrogens with one attached hydrogen (secondary N) is 2. The highest BCUT2D eigenvalue weighted by molar-refractivity contribution is 5.20. The van der Waals surface area contributed by atoms with Crippen LogP contribution in [0, 0.1) is 0 Å². The molecule has 1 fully saturated rings. The Morgan fingerprint density at radius 3 is 2.92 bits per heavy atom. The van der Waals surface area contributed by atoms with Crippen molar-refractivity contribution in [2.24, 2.45) is 0 Å². The number of hydrogen-bond donors (Lipinski definition) is 2. The molecule has 4 nitrogen and oxygen atoms in total. The maximum absolute atomic E-state index is 11.8. The summed E-state index contributed by atoms with van der Waals surface area (Å²) in [7, 11) is 0. The Labute approximate surface area is 75.9 Å². The van der Waals surface area contributed by atoms with E-state index in [-0.39, 0.29) is 5.56 Å². The highest BCUT2D eigenvalue weighted by atomic mass is 16.1. The summed E-state index contributed by atoms with van der Waals surface area (Å²) in [5.74, 6) is 0. The van der Waals surface area contributed by atoms with Crippen LogP contribution in [0.5, 0.6) is 0 Å². The van der Waals surface area contributed by atoms with E-state index in [9.17, 15) is 4.79 Å². The number of H-pyrrole nitrogens is 1. The van der Waals surface area contributed by atoms with Crippen LogP contribution >= 0.6 is 0 Å². The number of fused-ring (bicyclic) bond motifs is 1. The quantitative estimate of drug-likeness (QED) is 0.645. The van der Waals surface area contributed by atoms with Gasteiger partial charge in [-0.2, -0.15) is 0 Å². The highest BCUT2D eigenvalue weighted by Crippen LogP contribution is 2.33. The van der Waals surface area contributed by atoms with E-state index in [0.29, 0.717) is 6.04 Å². The summed E-state index contributed by atoms with van der Waals surface area (Å²) >= 11 is 0. The van der Waals surface area contributed by atoms with E-state index in [2.05, 4.69) is 10.4 Å². The van der Waals surface area contributed by atoms with Gasteiger partial charge in [-0.05, 0) is 12.8 Å². The Morgan fingerprint density at radius 2 is 2.23 bits per heavy atom. The summed E-state index contributed by atoms with van der Waals surface area (Å²) in [6.45, 7) is 1.72. The van der Waals surface area contributed by atoms with E-state index in [0.717, 1.165) is 43.6 Å². The molecule has 0 amide bonds. The fraction of sp³-hybridized carbons (Fsp3) is 0.667. The van der Waals surface area contributed by atoms with Crippen LogP contribution in [0.1, 0.15) is 30.1 Å². The minimum atomic E-state index is 0.199. The third-order valence-corrected chi connectivity index (χ3v) is 2.86. The summed E-state index contributed by atoms with van der Waals surface area (Å²) < 4.78 is 1.82. The van der Waals surface area contributed by atoms with E-state index in [4.69, 9.17) is 0 Å². The van der Waals surface area contributed by atoms with Gasteiger partial charge in [-0.25, -0.2) is 4.68 Å². The van der Waals surface area contributed by atoms with Gasteiger partial charge in [0.1, 0.15) is 0 Å². The molecule has 3 rings (SSSR count). The van der Waals surface area contributed by atoms with Crippen molar-refractivity contribution in [1.29, 1.82) is 0 Å². The maximum Gasteiger partial charge on any atom is 0.271 e. The van der Waals surface area contributed by atoms with Gasteiger partial charge in [-0.15, -0.1) is 0 Å². The van der Waals surface area contributed by atoms with Crippen LogP contribution in [-0.4, -0.2) is 16.3 Å². The average molecular weight is 179 g/mol. The maximum atomic E-state index is 11.8. The monoisotopic (exact) mass is 179 g/mol. The van der Waals surface area contributed by atoms with Gasteiger partial charge >= 0.3 is 0 Å². The lowest BCUT2D eigenvalue weighted by Gasteiger charge is -2.09. The van der Waals surface area contributed by atoms with E-state index in [1.807, 2.05) is 4.68 Å². The number of rotatable bonds is 1. The van der Waals surface area contributed by atoms with Gasteiger partial charge in [0.15, 0.2) is 0 Å². The van der Waals surface area contributed by atoms with Crippen molar-refractivity contribution in [3.05, 3.63) is 21.6 Å². The Bertz CT molecular complexity index is 386. The highest BCUT2D eigenvalue weighted by Gasteiger charge is 2.28. The van der Waals surface area contributed by atoms with Crippen molar-refractivity contribution in [2.75, 3.05) is 6.54 Å². The average Bonchev–Trinajstić information content (AvgIpc) is 2.94. The molecule has 2 N–H and O–H groups in total. The van der Waals surface area contributed by atoms with Crippen molar-refractivity contribution in [3.63, 3.8) is 0 Å². The Hall–Kier alpha value is -1.03. The molecule has 70 valence electrons. The number of aromatic nitrogens is 2. The van der Waals surface area contributed by atoms with Gasteiger partial charge < -0.3 is 5.32 Å². The molecule has 2 heterocycles. The topological polar surface area (TPSA) is 49.8 Å². The number of aromatic amines is 1. The van der Waals surface area contributed by atoms with E-state index < -0.39 is 0 Å². The van der Waals surface area contributed by atoms with Gasteiger partial charge in [0.05, 0.1) is 11.6 Å². The second-order valence-corrected chi connectivity index (χ2v) is 3.90. The van der Waals surface area contributed by atoms with Crippen LogP contribution in [0.25, 0.3) is 0 Å². The number of nitrogens with zero attached hydrogens (tertiary/aromatic N) is 1. The summed E-state index contributed by atoms with van der Waals surface area (Å²) in [6.07, 6.45) is 3.28. The third-order valence-electron chi connectivity index (χ3n) is 2.86. The summed E-state index contributed by atoms with van der Waals surface area (Å²) in [6, 6.07) is 0.470. The minimum absolute atomic E-state index is 0.199. The first kappa shape index (κ1) is 7.38. The van der Waals surface area contributed by atoms with Crippen LogP contribution in [0.3, 0.4) is 0 Å². The molecule has 1 aromatic heterocycles. The predicted octanol–water partition coefficient (Wildman–Crippen LogP) is 0.157. The second kappa shape index (κ2) is 2.48. The molecule has 0 radical (unpaired) electrons. The molecule has 0 aromatic carbocycles. The summed E-state index contributed by atoms with van der Waals surface area (Å²) in [4.78, 5) is 11.8. The zero-order valence-corrected chi connectivity index (χ0v) is 7.47. The smallest absolute Gasteiger partial charge is 0.271 e. The largest absolute Gasteiger partial charge is 0.312 e. The molecule has 1 aliphatic heterocycles. The van der Waals surface area contributed by atoms with Crippen molar-refractivity contribution < 1.29 is 0 Å². The molecule has 0 bridgehead atoms. The van der Waals surface area contributed by atoms with E-state index in [1.165, 1.54) is 0 Å². The molecule has 2 aliphatic rings. The normalized spacial score (nSPS) is 21.5. The standard InChI is InChI=1S/C9H13N3O/c13-9-7-5-10-4-3-8(7)11-12(9)6-1-2-6/h6,10-11H,1-5H2. The molecule has 1 aliphatic carbocycles. The Balaban J connectivity index is 2.12. The number of hydrogen-bond acceptors (Lipinski definition) is 2. The van der Waals surface area contributed by atoms with Crippen molar-refractivity contribution in [3.8, 4) is 0 Å². The van der Waals surface area contributed by atoms with Gasteiger partial charge in [-0.1, -0.05) is 0 Å². The molecule has 0 atom stereocenters. The van der Waals surface area contributed by atoms with Crippen LogP contribution < -0.4 is 10.9 Å². The first-order valence-corrected chi connectivity index (χ1v) is 4.89. The Morgan fingerprint density at radius 1 is 1.38 bits per heavy atom. The van der Waals surface area contributed by atoms with E-state index >= 15 is 0 Å². The first-order chi connectivity index (χ1) is 6.36. The minimum Gasteiger partial charge on any atom is -0.312 e. The molecular formula is C9H13N3O. The molecule has 1 saturated carbocycles. The molecule has 0 spiro atoms. The van der Waals surface area contributed by atoms with Crippen LogP contribution in [-0.2, 0) is 13.0 Å². The first-order valence-electron chi connectivity index (χ1n) is 4.89. The van der Waals surface area contributed by atoms with Gasteiger partial charge in [0.25, 0.3) is 5.56 Å². The third kappa shape index (κ3) is 1.05. The van der Waals surface area contributed by atoms with E-state index in [1.54, 1.807) is 0 Å². The predicted molar refractivity (Wildman–Crippen MR) is 48.7 cm³/mol. The SMILES string of the molecule is O=c1c2c([nH]n1C1CC1)CCNC2. The zero-order valence-electron chi connectivity index (χ0n) is 7.47. The molecule has 1 aromatic rings. The van der Waals surface area contributed by atoms with Gasteiger partial charge in [0.2, 0.25) is 0 Å². The lowest BCUT2D eigenvalue weighted by atomic mass is 10.1. The van der Waals surface area contributed by atoms with Crippen LogP contribution in [0.4, 0.5) is 0 Å². The zero-order chi connectivity index (χ0) is 8.84.